The van der Waals surface area contributed by atoms with Crippen molar-refractivity contribution < 1.29 is 0 Å². The van der Waals surface area contributed by atoms with Crippen LogP contribution in [-0.2, 0) is 0 Å². The summed E-state index contributed by atoms with van der Waals surface area (Å²) in [6.07, 6.45) is 6.77. The normalized spacial score (nSPS) is 23.1. The molecule has 4 nitrogen and oxygen atoms in total. The van der Waals surface area contributed by atoms with Crippen molar-refractivity contribution in [3.05, 3.63) is 30.5 Å². The lowest BCUT2D eigenvalue weighted by atomic mass is 9.90. The maximum Gasteiger partial charge on any atom is 0.126 e. The second-order valence-electron chi connectivity index (χ2n) is 5.85. The molecule has 4 heteroatoms. The third kappa shape index (κ3) is 2.90. The molecule has 0 bridgehead atoms. The quantitative estimate of drug-likeness (QED) is 0.931. The van der Waals surface area contributed by atoms with E-state index in [1.54, 1.807) is 6.20 Å². The van der Waals surface area contributed by atoms with E-state index < -0.39 is 0 Å². The topological polar surface area (TPSA) is 41.0 Å². The molecule has 1 aliphatic carbocycles. The minimum Gasteiger partial charge on any atom is -0.367 e. The number of pyridine rings is 2. The highest BCUT2D eigenvalue weighted by Gasteiger charge is 2.22. The van der Waals surface area contributed by atoms with Gasteiger partial charge in [-0.1, -0.05) is 0 Å². The third-order valence-electron chi connectivity index (χ3n) is 4.24. The van der Waals surface area contributed by atoms with Crippen molar-refractivity contribution >= 4 is 16.9 Å². The number of anilines is 1. The van der Waals surface area contributed by atoms with Gasteiger partial charge in [0.2, 0.25) is 0 Å². The van der Waals surface area contributed by atoms with E-state index in [9.17, 15) is 0 Å². The van der Waals surface area contributed by atoms with Gasteiger partial charge < -0.3 is 10.2 Å². The van der Waals surface area contributed by atoms with Gasteiger partial charge >= 0.3 is 0 Å². The van der Waals surface area contributed by atoms with E-state index in [1.165, 1.54) is 25.7 Å². The summed E-state index contributed by atoms with van der Waals surface area (Å²) in [5.74, 6) is 0.971. The molecule has 2 aromatic heterocycles. The summed E-state index contributed by atoms with van der Waals surface area (Å²) in [4.78, 5) is 11.3. The Kier molecular flexibility index (Phi) is 3.83. The smallest absolute Gasteiger partial charge is 0.126 e. The second kappa shape index (κ2) is 5.75. The summed E-state index contributed by atoms with van der Waals surface area (Å²) >= 11 is 0. The Balaban J connectivity index is 1.65. The molecule has 1 fully saturated rings. The molecule has 1 aliphatic rings. The minimum absolute atomic E-state index is 0.549. The Morgan fingerprint density at radius 1 is 1.05 bits per heavy atom. The first-order chi connectivity index (χ1) is 9.72. The Morgan fingerprint density at radius 3 is 2.60 bits per heavy atom. The maximum absolute atomic E-state index is 4.64. The van der Waals surface area contributed by atoms with E-state index >= 15 is 0 Å². The molecule has 0 saturated heterocycles. The highest BCUT2D eigenvalue weighted by atomic mass is 15.1. The molecular weight excluding hydrogens is 248 g/mol. The van der Waals surface area contributed by atoms with Crippen molar-refractivity contribution in [1.82, 2.24) is 14.9 Å². The summed E-state index contributed by atoms with van der Waals surface area (Å²) in [5, 5.41) is 3.58. The summed E-state index contributed by atoms with van der Waals surface area (Å²) in [6.45, 7) is 0. The van der Waals surface area contributed by atoms with Crippen LogP contribution in [0.4, 0.5) is 5.82 Å². The van der Waals surface area contributed by atoms with E-state index in [2.05, 4.69) is 34.3 Å². The van der Waals surface area contributed by atoms with Crippen LogP contribution < -0.4 is 5.32 Å². The number of nitrogens with one attached hydrogen (secondary N) is 1. The van der Waals surface area contributed by atoms with Gasteiger partial charge in [0.05, 0.1) is 11.0 Å². The van der Waals surface area contributed by atoms with Gasteiger partial charge in [0, 0.05) is 18.3 Å². The lowest BCUT2D eigenvalue weighted by molar-refractivity contribution is 0.221. The Morgan fingerprint density at radius 2 is 1.85 bits per heavy atom. The first-order valence-corrected chi connectivity index (χ1v) is 7.37. The number of nitrogens with zero attached hydrogens (tertiary/aromatic N) is 3. The van der Waals surface area contributed by atoms with Gasteiger partial charge in [-0.05, 0) is 64.0 Å². The van der Waals surface area contributed by atoms with Crippen molar-refractivity contribution in [1.29, 1.82) is 0 Å². The molecule has 1 N–H and O–H groups in total. The third-order valence-corrected chi connectivity index (χ3v) is 4.24. The van der Waals surface area contributed by atoms with Crippen molar-refractivity contribution in [3.8, 4) is 0 Å². The molecule has 2 heterocycles. The van der Waals surface area contributed by atoms with Crippen molar-refractivity contribution in [2.24, 2.45) is 0 Å². The average Bonchev–Trinajstić information content (AvgIpc) is 2.48. The van der Waals surface area contributed by atoms with E-state index in [-0.39, 0.29) is 0 Å². The van der Waals surface area contributed by atoms with Crippen molar-refractivity contribution in [2.75, 3.05) is 19.4 Å². The van der Waals surface area contributed by atoms with Crippen LogP contribution in [0.25, 0.3) is 11.0 Å². The molecule has 0 aliphatic heterocycles. The number of aromatic nitrogens is 2. The lowest BCUT2D eigenvalue weighted by Crippen LogP contribution is -2.36. The molecular formula is C16H22N4. The zero-order valence-corrected chi connectivity index (χ0v) is 12.2. The van der Waals surface area contributed by atoms with Gasteiger partial charge in [-0.2, -0.15) is 0 Å². The fourth-order valence-electron chi connectivity index (χ4n) is 2.98. The molecule has 3 rings (SSSR count). The summed E-state index contributed by atoms with van der Waals surface area (Å²) in [5.41, 5.74) is 1.91. The van der Waals surface area contributed by atoms with Crippen LogP contribution in [-0.4, -0.2) is 41.0 Å². The van der Waals surface area contributed by atoms with E-state index in [0.29, 0.717) is 6.04 Å². The van der Waals surface area contributed by atoms with Crippen LogP contribution in [0.1, 0.15) is 25.7 Å². The Labute approximate surface area is 120 Å². The van der Waals surface area contributed by atoms with Gasteiger partial charge in [-0.15, -0.1) is 0 Å². The van der Waals surface area contributed by atoms with Gasteiger partial charge in [-0.3, -0.25) is 4.98 Å². The fourth-order valence-corrected chi connectivity index (χ4v) is 2.98. The summed E-state index contributed by atoms with van der Waals surface area (Å²) in [6, 6.07) is 9.30. The number of hydrogen-bond donors (Lipinski definition) is 1. The predicted molar refractivity (Wildman–Crippen MR) is 82.9 cm³/mol. The first-order valence-electron chi connectivity index (χ1n) is 7.37. The predicted octanol–water partition coefficient (Wildman–Crippen LogP) is 2.91. The molecule has 106 valence electrons. The van der Waals surface area contributed by atoms with Crippen LogP contribution in [0, 0.1) is 0 Å². The maximum atomic E-state index is 4.64. The monoisotopic (exact) mass is 270 g/mol. The van der Waals surface area contributed by atoms with E-state index in [0.717, 1.165) is 22.9 Å². The van der Waals surface area contributed by atoms with Gasteiger partial charge in [-0.25, -0.2) is 4.98 Å². The molecule has 0 radical (unpaired) electrons. The van der Waals surface area contributed by atoms with Crippen molar-refractivity contribution in [3.63, 3.8) is 0 Å². The molecule has 0 amide bonds. The largest absolute Gasteiger partial charge is 0.367 e. The van der Waals surface area contributed by atoms with Crippen LogP contribution in [0.5, 0.6) is 0 Å². The highest BCUT2D eigenvalue weighted by molar-refractivity contribution is 5.75. The molecule has 0 spiro atoms. The molecule has 0 aromatic carbocycles. The Hall–Kier alpha value is -1.68. The zero-order valence-electron chi connectivity index (χ0n) is 12.2. The van der Waals surface area contributed by atoms with Crippen LogP contribution in [0.15, 0.2) is 30.5 Å². The van der Waals surface area contributed by atoms with Crippen LogP contribution >= 0.6 is 0 Å². The number of fused-ring (bicyclic) bond motifs is 1. The van der Waals surface area contributed by atoms with Gasteiger partial charge in [0.15, 0.2) is 0 Å². The number of hydrogen-bond acceptors (Lipinski definition) is 4. The lowest BCUT2D eigenvalue weighted by Gasteiger charge is -2.33. The highest BCUT2D eigenvalue weighted by Crippen LogP contribution is 2.24. The molecule has 2 aromatic rings. The van der Waals surface area contributed by atoms with Gasteiger partial charge in [0.25, 0.3) is 0 Å². The van der Waals surface area contributed by atoms with E-state index in [4.69, 9.17) is 0 Å². The van der Waals surface area contributed by atoms with Crippen molar-refractivity contribution in [2.45, 2.75) is 37.8 Å². The standard InChI is InChI=1S/C16H22N4/c1-20(2)13-7-5-12(6-8-13)18-16-10-9-14-15(19-16)4-3-11-17-14/h3-4,9-13H,5-8H2,1-2H3,(H,18,19). The zero-order chi connectivity index (χ0) is 13.9. The minimum atomic E-state index is 0.549. The molecule has 0 atom stereocenters. The SMILES string of the molecule is CN(C)C1CCC(Nc2ccc3ncccc3n2)CC1. The van der Waals surface area contributed by atoms with Crippen LogP contribution in [0.3, 0.4) is 0 Å². The van der Waals surface area contributed by atoms with Gasteiger partial charge in [0.1, 0.15) is 5.82 Å². The Bertz CT molecular complexity index is 573. The molecule has 20 heavy (non-hydrogen) atoms. The second-order valence-corrected chi connectivity index (χ2v) is 5.85. The fraction of sp³-hybridized carbons (Fsp3) is 0.500. The average molecular weight is 270 g/mol. The summed E-state index contributed by atoms with van der Waals surface area (Å²) < 4.78 is 0. The molecule has 1 saturated carbocycles. The van der Waals surface area contributed by atoms with E-state index in [1.807, 2.05) is 24.3 Å². The van der Waals surface area contributed by atoms with Crippen LogP contribution in [0.2, 0.25) is 0 Å². The molecule has 0 unspecified atom stereocenters. The summed E-state index contributed by atoms with van der Waals surface area (Å²) in [7, 11) is 4.35. The number of rotatable bonds is 3. The first kappa shape index (κ1) is 13.3.